The average Bonchev–Trinajstić information content (AvgIpc) is 2.25. The zero-order chi connectivity index (χ0) is 14.8. The van der Waals surface area contributed by atoms with Crippen LogP contribution in [0.2, 0.25) is 0 Å². The predicted octanol–water partition coefficient (Wildman–Crippen LogP) is 4.04. The van der Waals surface area contributed by atoms with E-state index in [0.29, 0.717) is 6.20 Å². The highest BCUT2D eigenvalue weighted by Gasteiger charge is 2.35. The minimum atomic E-state index is -5.18. The third-order valence-corrected chi connectivity index (χ3v) is 2.40. The van der Waals surface area contributed by atoms with Gasteiger partial charge in [0.2, 0.25) is 0 Å². The van der Waals surface area contributed by atoms with Crippen molar-refractivity contribution in [3.8, 4) is 5.75 Å². The van der Waals surface area contributed by atoms with Crippen molar-refractivity contribution in [1.82, 2.24) is 4.98 Å². The van der Waals surface area contributed by atoms with Gasteiger partial charge in [0.25, 0.3) is 11.7 Å². The number of hydrogen-bond donors (Lipinski definition) is 0. The van der Waals surface area contributed by atoms with Gasteiger partial charge in [-0.1, -0.05) is 0 Å². The van der Waals surface area contributed by atoms with E-state index in [0.717, 1.165) is 0 Å². The van der Waals surface area contributed by atoms with Crippen LogP contribution in [-0.2, 0) is 5.88 Å². The minimum absolute atomic E-state index is 0.348. The number of nitrogens with zero attached hydrogens (tertiary/aromatic N) is 1. The number of carbonyl (C=O) groups excluding carboxylic acids is 1. The van der Waals surface area contributed by atoms with E-state index >= 15 is 0 Å². The van der Waals surface area contributed by atoms with Crippen molar-refractivity contribution < 1.29 is 31.5 Å². The van der Waals surface area contributed by atoms with E-state index < -0.39 is 46.5 Å². The maximum absolute atomic E-state index is 12.8. The van der Waals surface area contributed by atoms with Crippen LogP contribution in [0, 0.1) is 0 Å². The van der Waals surface area contributed by atoms with Gasteiger partial charge in [0, 0.05) is 5.56 Å². The molecule has 0 saturated carbocycles. The highest BCUT2D eigenvalue weighted by Crippen LogP contribution is 2.37. The van der Waals surface area contributed by atoms with Crippen molar-refractivity contribution in [3.63, 3.8) is 0 Å². The van der Waals surface area contributed by atoms with Gasteiger partial charge < -0.3 is 4.74 Å². The van der Waals surface area contributed by atoms with Crippen molar-refractivity contribution in [3.05, 3.63) is 23.0 Å². The van der Waals surface area contributed by atoms with E-state index in [1.165, 1.54) is 0 Å². The standard InChI is InChI=1S/C9H4Cl2F5NO2/c10-1-3-5(8(12)13)4(19-9(14,15)16)2-17-6(3)7(11)18/h2,8H,1H2. The molecule has 0 aromatic carbocycles. The lowest BCUT2D eigenvalue weighted by Crippen LogP contribution is -2.19. The largest absolute Gasteiger partial charge is 0.573 e. The van der Waals surface area contributed by atoms with Gasteiger partial charge in [-0.2, -0.15) is 0 Å². The monoisotopic (exact) mass is 323 g/mol. The number of pyridine rings is 1. The summed E-state index contributed by atoms with van der Waals surface area (Å²) in [6.07, 6.45) is -8.17. The lowest BCUT2D eigenvalue weighted by Gasteiger charge is -2.16. The Morgan fingerprint density at radius 1 is 1.42 bits per heavy atom. The molecule has 0 amide bonds. The fourth-order valence-corrected chi connectivity index (χ4v) is 1.73. The fourth-order valence-electron chi connectivity index (χ4n) is 1.30. The van der Waals surface area contributed by atoms with Crippen molar-refractivity contribution >= 4 is 28.4 Å². The highest BCUT2D eigenvalue weighted by molar-refractivity contribution is 6.67. The lowest BCUT2D eigenvalue weighted by molar-refractivity contribution is -0.275. The highest BCUT2D eigenvalue weighted by atomic mass is 35.5. The number of carbonyl (C=O) groups is 1. The first-order valence-corrected chi connectivity index (χ1v) is 5.40. The zero-order valence-corrected chi connectivity index (χ0v) is 10.3. The third-order valence-electron chi connectivity index (χ3n) is 1.95. The van der Waals surface area contributed by atoms with Crippen molar-refractivity contribution in [2.45, 2.75) is 18.7 Å². The Balaban J connectivity index is 3.46. The summed E-state index contributed by atoms with van der Waals surface area (Å²) in [5, 5.41) is -1.21. The molecule has 0 atom stereocenters. The molecular weight excluding hydrogens is 320 g/mol. The molecule has 0 aliphatic rings. The van der Waals surface area contributed by atoms with Crippen LogP contribution in [0.3, 0.4) is 0 Å². The minimum Gasteiger partial charge on any atom is -0.404 e. The maximum atomic E-state index is 12.8. The normalized spacial score (nSPS) is 11.8. The lowest BCUT2D eigenvalue weighted by atomic mass is 10.1. The van der Waals surface area contributed by atoms with E-state index in [2.05, 4.69) is 9.72 Å². The van der Waals surface area contributed by atoms with E-state index in [4.69, 9.17) is 23.2 Å². The number of halogens is 7. The molecule has 0 aliphatic carbocycles. The molecule has 0 radical (unpaired) electrons. The SMILES string of the molecule is O=C(Cl)c1ncc(OC(F)(F)F)c(C(F)F)c1CCl. The van der Waals surface area contributed by atoms with E-state index in [-0.39, 0.29) is 0 Å². The summed E-state index contributed by atoms with van der Waals surface area (Å²) in [7, 11) is 0. The van der Waals surface area contributed by atoms with Crippen LogP contribution in [-0.4, -0.2) is 16.6 Å². The van der Waals surface area contributed by atoms with Gasteiger partial charge in [-0.05, 0) is 11.6 Å². The molecule has 0 N–H and O–H groups in total. The van der Waals surface area contributed by atoms with E-state index in [1.807, 2.05) is 0 Å². The zero-order valence-electron chi connectivity index (χ0n) is 8.77. The van der Waals surface area contributed by atoms with Crippen molar-refractivity contribution in [2.75, 3.05) is 0 Å². The smallest absolute Gasteiger partial charge is 0.404 e. The molecule has 0 unspecified atom stereocenters. The molecule has 10 heteroatoms. The summed E-state index contributed by atoms with van der Waals surface area (Å²) in [6, 6.07) is 0. The van der Waals surface area contributed by atoms with E-state index in [9.17, 15) is 26.7 Å². The topological polar surface area (TPSA) is 39.2 Å². The number of rotatable bonds is 4. The Labute approximate surface area is 113 Å². The summed E-state index contributed by atoms with van der Waals surface area (Å²) in [5.74, 6) is -1.89. The fraction of sp³-hybridized carbons (Fsp3) is 0.333. The van der Waals surface area contributed by atoms with Crippen LogP contribution in [0.25, 0.3) is 0 Å². The number of hydrogen-bond acceptors (Lipinski definition) is 3. The molecule has 0 saturated heterocycles. The van der Waals surface area contributed by atoms with Crippen LogP contribution >= 0.6 is 23.2 Å². The van der Waals surface area contributed by atoms with Crippen molar-refractivity contribution in [2.24, 2.45) is 0 Å². The van der Waals surface area contributed by atoms with E-state index in [1.54, 1.807) is 0 Å². The van der Waals surface area contributed by atoms with Gasteiger partial charge in [-0.25, -0.2) is 13.8 Å². The van der Waals surface area contributed by atoms with Crippen LogP contribution in [0.5, 0.6) is 5.75 Å². The van der Waals surface area contributed by atoms with Gasteiger partial charge in [0.1, 0.15) is 5.69 Å². The first kappa shape index (κ1) is 15.9. The second kappa shape index (κ2) is 5.87. The Kier molecular flexibility index (Phi) is 4.92. The molecule has 3 nitrogen and oxygen atoms in total. The maximum Gasteiger partial charge on any atom is 0.573 e. The summed E-state index contributed by atoms with van der Waals surface area (Å²) < 4.78 is 65.2. The second-order valence-electron chi connectivity index (χ2n) is 3.12. The first-order valence-electron chi connectivity index (χ1n) is 4.48. The molecule has 1 heterocycles. The average molecular weight is 324 g/mol. The number of ether oxygens (including phenoxy) is 1. The van der Waals surface area contributed by atoms with Gasteiger partial charge in [-0.3, -0.25) is 4.79 Å². The quantitative estimate of drug-likeness (QED) is 0.477. The molecule has 0 bridgehead atoms. The second-order valence-corrected chi connectivity index (χ2v) is 3.73. The molecule has 1 aromatic heterocycles. The van der Waals surface area contributed by atoms with Crippen LogP contribution in [0.15, 0.2) is 6.20 Å². The van der Waals surface area contributed by atoms with Gasteiger partial charge >= 0.3 is 6.36 Å². The van der Waals surface area contributed by atoms with Gasteiger partial charge in [0.15, 0.2) is 5.75 Å². The van der Waals surface area contributed by atoms with Crippen molar-refractivity contribution in [1.29, 1.82) is 0 Å². The predicted molar refractivity (Wildman–Crippen MR) is 55.6 cm³/mol. The Morgan fingerprint density at radius 2 is 2.00 bits per heavy atom. The molecule has 1 rings (SSSR count). The Bertz CT molecular complexity index is 492. The molecular formula is C9H4Cl2F5NO2. The molecule has 0 fully saturated rings. The molecule has 19 heavy (non-hydrogen) atoms. The summed E-state index contributed by atoms with van der Waals surface area (Å²) in [6.45, 7) is 0. The van der Waals surface area contributed by atoms with Gasteiger partial charge in [0.05, 0.1) is 17.6 Å². The van der Waals surface area contributed by atoms with Gasteiger partial charge in [-0.15, -0.1) is 24.8 Å². The summed E-state index contributed by atoms with van der Waals surface area (Å²) in [5.41, 5.74) is -2.40. The summed E-state index contributed by atoms with van der Waals surface area (Å²) in [4.78, 5) is 14.2. The molecule has 0 aliphatic heterocycles. The summed E-state index contributed by atoms with van der Waals surface area (Å²) >= 11 is 10.4. The van der Waals surface area contributed by atoms with Crippen LogP contribution in [0.4, 0.5) is 22.0 Å². The number of aromatic nitrogens is 1. The Morgan fingerprint density at radius 3 is 2.37 bits per heavy atom. The molecule has 106 valence electrons. The van der Waals surface area contributed by atoms with Crippen LogP contribution < -0.4 is 4.74 Å². The molecule has 0 spiro atoms. The third kappa shape index (κ3) is 3.90. The number of alkyl halides is 6. The Hall–Kier alpha value is -1.15. The molecule has 1 aromatic rings. The van der Waals surface area contributed by atoms with Crippen LogP contribution in [0.1, 0.15) is 28.0 Å². The first-order chi connectivity index (χ1) is 8.67.